The van der Waals surface area contributed by atoms with E-state index in [2.05, 4.69) is 207 Å². The van der Waals surface area contributed by atoms with Crippen molar-refractivity contribution in [3.63, 3.8) is 0 Å². The largest absolute Gasteiger partial charge is 0.310 e. The van der Waals surface area contributed by atoms with Gasteiger partial charge in [0.05, 0.1) is 11.0 Å². The summed E-state index contributed by atoms with van der Waals surface area (Å²) in [4.78, 5) is 13.2. The Hall–Kier alpha value is -6.98. The van der Waals surface area contributed by atoms with Crippen LogP contribution in [0.5, 0.6) is 0 Å². The van der Waals surface area contributed by atoms with Gasteiger partial charge in [-0.05, 0) is 115 Å². The third kappa shape index (κ3) is 5.64. The van der Waals surface area contributed by atoms with Crippen LogP contribution in [0, 0.1) is 6.92 Å². The van der Waals surface area contributed by atoms with Crippen molar-refractivity contribution in [2.24, 2.45) is 0 Å². The van der Waals surface area contributed by atoms with Crippen molar-refractivity contribution < 1.29 is 0 Å². The van der Waals surface area contributed by atoms with E-state index in [1.54, 1.807) is 6.33 Å². The molecular formula is C47H35N5. The third-order valence-corrected chi connectivity index (χ3v) is 9.64. The number of nitrogens with zero attached hydrogens (tertiary/aromatic N) is 5. The number of benzene rings is 7. The van der Waals surface area contributed by atoms with Gasteiger partial charge in [-0.25, -0.2) is 9.97 Å². The van der Waals surface area contributed by atoms with Crippen LogP contribution in [0.2, 0.25) is 0 Å². The minimum absolute atomic E-state index is 0.998. The molecule has 5 nitrogen and oxygen atoms in total. The monoisotopic (exact) mass is 669 g/mol. The van der Waals surface area contributed by atoms with E-state index in [0.29, 0.717) is 0 Å². The van der Waals surface area contributed by atoms with Crippen molar-refractivity contribution in [2.75, 3.05) is 9.80 Å². The topological polar surface area (TPSA) is 37.2 Å². The first-order valence-electron chi connectivity index (χ1n) is 17.5. The van der Waals surface area contributed by atoms with Crippen molar-refractivity contribution >= 4 is 55.9 Å². The second kappa shape index (κ2) is 13.4. The summed E-state index contributed by atoms with van der Waals surface area (Å²) in [6.45, 7) is 2.18. The van der Waals surface area contributed by atoms with Crippen LogP contribution in [0.3, 0.4) is 0 Å². The van der Waals surface area contributed by atoms with E-state index in [0.717, 1.165) is 62.0 Å². The van der Waals surface area contributed by atoms with Gasteiger partial charge >= 0.3 is 0 Å². The Bertz CT molecular complexity index is 2400. The summed E-state index contributed by atoms with van der Waals surface area (Å²) in [5, 5.41) is 2.35. The highest BCUT2D eigenvalue weighted by atomic mass is 15.1. The zero-order valence-corrected chi connectivity index (χ0v) is 28.7. The maximum atomic E-state index is 4.25. The van der Waals surface area contributed by atoms with Crippen molar-refractivity contribution in [3.8, 4) is 16.8 Å². The Morgan fingerprint density at radius 3 is 1.23 bits per heavy atom. The van der Waals surface area contributed by atoms with Crippen LogP contribution >= 0.6 is 0 Å². The van der Waals surface area contributed by atoms with E-state index in [4.69, 9.17) is 0 Å². The molecule has 52 heavy (non-hydrogen) atoms. The SMILES string of the molecule is Cc1cc(-c2cncnc2)ccc1-n1c2ccc(N(c3ccccc3)c3ccccc3)cc2c2cc(N(c3ccccc3)c3ccccc3)ccc21. The number of anilines is 6. The minimum atomic E-state index is 0.998. The van der Waals surface area contributed by atoms with Gasteiger partial charge in [0.2, 0.25) is 0 Å². The second-order valence-corrected chi connectivity index (χ2v) is 12.9. The predicted molar refractivity (Wildman–Crippen MR) is 216 cm³/mol. The lowest BCUT2D eigenvalue weighted by Crippen LogP contribution is -2.09. The van der Waals surface area contributed by atoms with E-state index in [1.807, 2.05) is 12.4 Å². The molecule has 2 aromatic heterocycles. The van der Waals surface area contributed by atoms with Gasteiger partial charge in [0.1, 0.15) is 6.33 Å². The molecule has 0 atom stereocenters. The lowest BCUT2D eigenvalue weighted by molar-refractivity contribution is 1.14. The highest BCUT2D eigenvalue weighted by molar-refractivity contribution is 6.12. The maximum absolute atomic E-state index is 4.25. The van der Waals surface area contributed by atoms with Gasteiger partial charge < -0.3 is 14.4 Å². The van der Waals surface area contributed by atoms with Crippen molar-refractivity contribution in [1.29, 1.82) is 0 Å². The lowest BCUT2D eigenvalue weighted by atomic mass is 10.0. The first-order valence-corrected chi connectivity index (χ1v) is 17.5. The summed E-state index contributed by atoms with van der Waals surface area (Å²) in [5.74, 6) is 0. The fourth-order valence-electron chi connectivity index (χ4n) is 7.27. The van der Waals surface area contributed by atoms with Crippen molar-refractivity contribution in [1.82, 2.24) is 14.5 Å². The van der Waals surface area contributed by atoms with Gasteiger partial charge in [0.25, 0.3) is 0 Å². The van der Waals surface area contributed by atoms with Crippen LogP contribution in [0.4, 0.5) is 34.1 Å². The average Bonchev–Trinajstić information content (AvgIpc) is 3.53. The quantitative estimate of drug-likeness (QED) is 0.161. The molecule has 9 aromatic rings. The van der Waals surface area contributed by atoms with E-state index >= 15 is 0 Å². The highest BCUT2D eigenvalue weighted by Crippen LogP contribution is 2.43. The first kappa shape index (κ1) is 31.0. The number of fused-ring (bicyclic) bond motifs is 3. The second-order valence-electron chi connectivity index (χ2n) is 12.9. The Morgan fingerprint density at radius 1 is 0.404 bits per heavy atom. The van der Waals surface area contributed by atoms with E-state index < -0.39 is 0 Å². The van der Waals surface area contributed by atoms with Crippen LogP contribution < -0.4 is 9.80 Å². The molecule has 9 rings (SSSR count). The van der Waals surface area contributed by atoms with Crippen LogP contribution in [0.1, 0.15) is 5.56 Å². The van der Waals surface area contributed by atoms with Gasteiger partial charge in [-0.2, -0.15) is 0 Å². The smallest absolute Gasteiger partial charge is 0.115 e. The van der Waals surface area contributed by atoms with Crippen LogP contribution in [0.15, 0.2) is 195 Å². The number of aryl methyl sites for hydroxylation is 1. The Balaban J connectivity index is 1.29. The summed E-state index contributed by atoms with van der Waals surface area (Å²) in [6.07, 6.45) is 5.29. The third-order valence-electron chi connectivity index (χ3n) is 9.64. The Morgan fingerprint density at radius 2 is 0.827 bits per heavy atom. The predicted octanol–water partition coefficient (Wildman–Crippen LogP) is 12.5. The molecule has 0 aliphatic heterocycles. The molecule has 0 bridgehead atoms. The van der Waals surface area contributed by atoms with Gasteiger partial charge in [-0.3, -0.25) is 0 Å². The first-order chi connectivity index (χ1) is 25.7. The molecule has 0 radical (unpaired) electrons. The number of rotatable bonds is 8. The van der Waals surface area contributed by atoms with Gasteiger partial charge in [0, 0.05) is 68.5 Å². The minimum Gasteiger partial charge on any atom is -0.310 e. The molecule has 0 aliphatic rings. The molecule has 2 heterocycles. The standard InChI is InChI=1S/C47H35N5/c1-34-28-35(36-31-48-33-49-32-36)22-25-45(34)52-46-26-23-41(50(37-14-6-2-7-15-37)38-16-8-3-9-17-38)29-43(46)44-30-42(24-27-47(44)52)51(39-18-10-4-11-19-39)40-20-12-5-13-21-40/h2-33H,1H3. The molecular weight excluding hydrogens is 635 g/mol. The normalized spacial score (nSPS) is 11.2. The summed E-state index contributed by atoms with van der Waals surface area (Å²) in [6, 6.07) is 62.7. The van der Waals surface area contributed by atoms with Crippen LogP contribution in [-0.2, 0) is 0 Å². The number of para-hydroxylation sites is 4. The molecule has 0 amide bonds. The zero-order chi connectivity index (χ0) is 34.9. The Kier molecular flexibility index (Phi) is 7.99. The number of hydrogen-bond acceptors (Lipinski definition) is 4. The Labute approximate surface area is 303 Å². The average molecular weight is 670 g/mol. The molecule has 0 unspecified atom stereocenters. The number of aromatic nitrogens is 3. The molecule has 0 aliphatic carbocycles. The molecule has 248 valence electrons. The molecule has 7 aromatic carbocycles. The lowest BCUT2D eigenvalue weighted by Gasteiger charge is -2.26. The van der Waals surface area contributed by atoms with Gasteiger partial charge in [0.15, 0.2) is 0 Å². The maximum Gasteiger partial charge on any atom is 0.115 e. The van der Waals surface area contributed by atoms with Gasteiger partial charge in [-0.15, -0.1) is 0 Å². The molecule has 0 saturated carbocycles. The molecule has 0 saturated heterocycles. The molecule has 0 spiro atoms. The van der Waals surface area contributed by atoms with E-state index in [-0.39, 0.29) is 0 Å². The van der Waals surface area contributed by atoms with Crippen LogP contribution in [-0.4, -0.2) is 14.5 Å². The van der Waals surface area contributed by atoms with Gasteiger partial charge in [-0.1, -0.05) is 78.9 Å². The van der Waals surface area contributed by atoms with E-state index in [1.165, 1.54) is 16.3 Å². The molecule has 5 heteroatoms. The molecule has 0 fully saturated rings. The van der Waals surface area contributed by atoms with Crippen molar-refractivity contribution in [2.45, 2.75) is 6.92 Å². The summed E-state index contributed by atoms with van der Waals surface area (Å²) >= 11 is 0. The zero-order valence-electron chi connectivity index (χ0n) is 28.7. The van der Waals surface area contributed by atoms with Crippen molar-refractivity contribution in [3.05, 3.63) is 200 Å². The highest BCUT2D eigenvalue weighted by Gasteiger charge is 2.20. The van der Waals surface area contributed by atoms with E-state index in [9.17, 15) is 0 Å². The fourth-order valence-corrected chi connectivity index (χ4v) is 7.27. The summed E-state index contributed by atoms with van der Waals surface area (Å²) in [7, 11) is 0. The number of hydrogen-bond donors (Lipinski definition) is 0. The van der Waals surface area contributed by atoms with Crippen LogP contribution in [0.25, 0.3) is 38.6 Å². The molecule has 0 N–H and O–H groups in total. The fraction of sp³-hybridized carbons (Fsp3) is 0.0213. The summed E-state index contributed by atoms with van der Waals surface area (Å²) < 4.78 is 2.41. The summed E-state index contributed by atoms with van der Waals surface area (Å²) in [5.41, 5.74) is 13.3.